The van der Waals surface area contributed by atoms with E-state index in [9.17, 15) is 9.59 Å². The van der Waals surface area contributed by atoms with E-state index in [4.69, 9.17) is 0 Å². The van der Waals surface area contributed by atoms with Crippen LogP contribution < -0.4 is 10.7 Å². The number of benzene rings is 1. The molecule has 28 heavy (non-hydrogen) atoms. The number of nitrogens with zero attached hydrogens (tertiary/aromatic N) is 2. The van der Waals surface area contributed by atoms with Crippen molar-refractivity contribution in [3.05, 3.63) is 52.8 Å². The Morgan fingerprint density at radius 1 is 1.07 bits per heavy atom. The molecule has 0 radical (unpaired) electrons. The monoisotopic (exact) mass is 380 g/mol. The van der Waals surface area contributed by atoms with E-state index in [1.807, 2.05) is 26.0 Å². The van der Waals surface area contributed by atoms with Gasteiger partial charge in [-0.15, -0.1) is 0 Å². The second-order valence-corrected chi connectivity index (χ2v) is 7.51. The summed E-state index contributed by atoms with van der Waals surface area (Å²) in [4.78, 5) is 24.0. The van der Waals surface area contributed by atoms with Gasteiger partial charge in [0.05, 0.1) is 6.21 Å². The number of carbonyl (C=O) groups excluding carboxylic acids is 2. The zero-order valence-electron chi connectivity index (χ0n) is 16.8. The maximum atomic E-state index is 12.0. The minimum atomic E-state index is -0.727. The molecule has 0 saturated heterocycles. The molecule has 3 rings (SSSR count). The van der Waals surface area contributed by atoms with Crippen LogP contribution in [0.3, 0.4) is 0 Å². The van der Waals surface area contributed by atoms with E-state index in [0.29, 0.717) is 0 Å². The minimum absolute atomic E-state index is 0.101. The third-order valence-electron chi connectivity index (χ3n) is 5.25. The summed E-state index contributed by atoms with van der Waals surface area (Å²) in [5.41, 5.74) is 7.61. The average Bonchev–Trinajstić information content (AvgIpc) is 2.96. The van der Waals surface area contributed by atoms with Gasteiger partial charge < -0.3 is 9.88 Å². The molecule has 1 aromatic heterocycles. The summed E-state index contributed by atoms with van der Waals surface area (Å²) in [6.45, 7) is 6.10. The van der Waals surface area contributed by atoms with E-state index < -0.39 is 11.8 Å². The number of aromatic nitrogens is 1. The Balaban J connectivity index is 1.63. The molecular formula is C22H28N4O2. The Hall–Kier alpha value is -2.89. The Bertz CT molecular complexity index is 892. The van der Waals surface area contributed by atoms with Crippen molar-refractivity contribution in [1.82, 2.24) is 15.3 Å². The van der Waals surface area contributed by atoms with E-state index >= 15 is 0 Å². The maximum absolute atomic E-state index is 12.0. The largest absolute Gasteiger partial charge is 0.345 e. The number of rotatable bonds is 4. The second kappa shape index (κ2) is 8.87. The predicted molar refractivity (Wildman–Crippen MR) is 111 cm³/mol. The van der Waals surface area contributed by atoms with Crippen molar-refractivity contribution >= 4 is 18.0 Å². The quantitative estimate of drug-likeness (QED) is 0.485. The van der Waals surface area contributed by atoms with Crippen molar-refractivity contribution in [1.29, 1.82) is 0 Å². The van der Waals surface area contributed by atoms with Crippen molar-refractivity contribution in [3.63, 3.8) is 0 Å². The van der Waals surface area contributed by atoms with Gasteiger partial charge in [-0.1, -0.05) is 31.4 Å². The van der Waals surface area contributed by atoms with Crippen molar-refractivity contribution in [2.75, 3.05) is 0 Å². The molecule has 6 nitrogen and oxygen atoms in total. The maximum Gasteiger partial charge on any atom is 0.329 e. The molecule has 0 spiro atoms. The van der Waals surface area contributed by atoms with Gasteiger partial charge in [0.15, 0.2) is 0 Å². The molecule has 1 fully saturated rings. The summed E-state index contributed by atoms with van der Waals surface area (Å²) in [7, 11) is 0. The molecule has 1 heterocycles. The summed E-state index contributed by atoms with van der Waals surface area (Å²) in [6, 6.07) is 10.4. The van der Waals surface area contributed by atoms with Crippen LogP contribution in [-0.4, -0.2) is 28.6 Å². The molecule has 0 aliphatic heterocycles. The van der Waals surface area contributed by atoms with Crippen LogP contribution in [0.15, 0.2) is 35.4 Å². The van der Waals surface area contributed by atoms with Gasteiger partial charge in [-0.2, -0.15) is 5.10 Å². The molecule has 1 aromatic carbocycles. The smallest absolute Gasteiger partial charge is 0.329 e. The Kier molecular flexibility index (Phi) is 6.29. The second-order valence-electron chi connectivity index (χ2n) is 7.51. The third kappa shape index (κ3) is 4.68. The van der Waals surface area contributed by atoms with Gasteiger partial charge in [0.1, 0.15) is 0 Å². The van der Waals surface area contributed by atoms with E-state index in [1.165, 1.54) is 12.0 Å². The minimum Gasteiger partial charge on any atom is -0.345 e. The highest BCUT2D eigenvalue weighted by Crippen LogP contribution is 2.20. The van der Waals surface area contributed by atoms with E-state index in [2.05, 4.69) is 45.5 Å². The molecule has 2 N–H and O–H groups in total. The highest BCUT2D eigenvalue weighted by molar-refractivity contribution is 6.35. The summed E-state index contributed by atoms with van der Waals surface area (Å²) in [5, 5.41) is 6.77. The predicted octanol–water partition coefficient (Wildman–Crippen LogP) is 3.30. The van der Waals surface area contributed by atoms with Crippen LogP contribution in [-0.2, 0) is 9.59 Å². The highest BCUT2D eigenvalue weighted by Gasteiger charge is 2.20. The van der Waals surface area contributed by atoms with Gasteiger partial charge in [-0.05, 0) is 57.4 Å². The number of hydrazone groups is 1. The Morgan fingerprint density at radius 2 is 1.82 bits per heavy atom. The number of nitrogens with one attached hydrogen (secondary N) is 2. The lowest BCUT2D eigenvalue weighted by Gasteiger charge is -2.22. The van der Waals surface area contributed by atoms with Crippen LogP contribution in [0.25, 0.3) is 5.69 Å². The summed E-state index contributed by atoms with van der Waals surface area (Å²) in [5.74, 6) is -1.34. The van der Waals surface area contributed by atoms with Crippen molar-refractivity contribution < 1.29 is 9.59 Å². The summed E-state index contributed by atoms with van der Waals surface area (Å²) in [6.07, 6.45) is 6.85. The Morgan fingerprint density at radius 3 is 2.54 bits per heavy atom. The number of aryl methyl sites for hydroxylation is 2. The van der Waals surface area contributed by atoms with Crippen molar-refractivity contribution in [2.24, 2.45) is 5.10 Å². The fourth-order valence-electron chi connectivity index (χ4n) is 3.79. The first kappa shape index (κ1) is 19.9. The van der Waals surface area contributed by atoms with Crippen LogP contribution in [0, 0.1) is 20.8 Å². The highest BCUT2D eigenvalue weighted by atomic mass is 16.2. The van der Waals surface area contributed by atoms with E-state index in [-0.39, 0.29) is 6.04 Å². The van der Waals surface area contributed by atoms with Gasteiger partial charge in [-0.3, -0.25) is 9.59 Å². The molecule has 2 aromatic rings. The fraction of sp³-hybridized carbons (Fsp3) is 0.409. The van der Waals surface area contributed by atoms with Gasteiger partial charge in [0.25, 0.3) is 0 Å². The first-order valence-electron chi connectivity index (χ1n) is 9.85. The molecule has 0 unspecified atom stereocenters. The summed E-state index contributed by atoms with van der Waals surface area (Å²) < 4.78 is 2.14. The molecular weight excluding hydrogens is 352 g/mol. The third-order valence-corrected chi connectivity index (χ3v) is 5.25. The summed E-state index contributed by atoms with van der Waals surface area (Å²) >= 11 is 0. The molecule has 6 heteroatoms. The lowest BCUT2D eigenvalue weighted by molar-refractivity contribution is -0.139. The standard InChI is InChI=1S/C22H28N4O2/c1-15-8-7-11-20(12-15)26-16(2)13-18(17(26)3)14-23-25-22(28)21(27)24-19-9-5-4-6-10-19/h7-8,11-14,19H,4-6,9-10H2,1-3H3,(H,24,27)(H,25,28)/b23-14-. The lowest BCUT2D eigenvalue weighted by atomic mass is 9.95. The van der Waals surface area contributed by atoms with Crippen molar-refractivity contribution in [3.8, 4) is 5.69 Å². The number of amides is 2. The van der Waals surface area contributed by atoms with Gasteiger partial charge >= 0.3 is 11.8 Å². The molecule has 1 saturated carbocycles. The van der Waals surface area contributed by atoms with Crippen LogP contribution in [0.5, 0.6) is 0 Å². The van der Waals surface area contributed by atoms with Crippen molar-refractivity contribution in [2.45, 2.75) is 58.9 Å². The van der Waals surface area contributed by atoms with Crippen LogP contribution in [0.1, 0.15) is 54.6 Å². The first-order valence-corrected chi connectivity index (χ1v) is 9.85. The van der Waals surface area contributed by atoms with Crippen LogP contribution in [0.2, 0.25) is 0 Å². The number of hydrogen-bond acceptors (Lipinski definition) is 3. The number of hydrogen-bond donors (Lipinski definition) is 2. The molecule has 2 amide bonds. The molecule has 148 valence electrons. The zero-order valence-corrected chi connectivity index (χ0v) is 16.8. The normalized spacial score (nSPS) is 15.0. The zero-order chi connectivity index (χ0) is 20.1. The fourth-order valence-corrected chi connectivity index (χ4v) is 3.79. The van der Waals surface area contributed by atoms with Gasteiger partial charge in [-0.25, -0.2) is 5.43 Å². The van der Waals surface area contributed by atoms with Gasteiger partial charge in [0.2, 0.25) is 0 Å². The van der Waals surface area contributed by atoms with Crippen LogP contribution in [0.4, 0.5) is 0 Å². The van der Waals surface area contributed by atoms with E-state index in [0.717, 1.165) is 48.3 Å². The lowest BCUT2D eigenvalue weighted by Crippen LogP contribution is -2.44. The topological polar surface area (TPSA) is 75.5 Å². The van der Waals surface area contributed by atoms with Gasteiger partial charge in [0, 0.05) is 28.7 Å². The average molecular weight is 380 g/mol. The van der Waals surface area contributed by atoms with Crippen LogP contribution >= 0.6 is 0 Å². The Labute approximate surface area is 166 Å². The molecule has 0 bridgehead atoms. The molecule has 1 aliphatic carbocycles. The SMILES string of the molecule is Cc1cccc(-n2c(C)cc(/C=N\NC(=O)C(=O)NC3CCCCC3)c2C)c1. The molecule has 0 atom stereocenters. The van der Waals surface area contributed by atoms with E-state index in [1.54, 1.807) is 6.21 Å². The number of carbonyl (C=O) groups is 2. The first-order chi connectivity index (χ1) is 13.5. The molecule has 1 aliphatic rings.